The average molecular weight is 432 g/mol. The van der Waals surface area contributed by atoms with E-state index in [-0.39, 0.29) is 17.6 Å². The summed E-state index contributed by atoms with van der Waals surface area (Å²) in [5.74, 6) is -0.222. The zero-order valence-electron chi connectivity index (χ0n) is 18.0. The van der Waals surface area contributed by atoms with E-state index in [4.69, 9.17) is 0 Å². The number of fused-ring (bicyclic) bond motifs is 4. The molecule has 0 saturated carbocycles. The molecule has 0 aliphatic carbocycles. The molecule has 0 saturated heterocycles. The Balaban J connectivity index is 1.56. The van der Waals surface area contributed by atoms with Crippen LogP contribution in [0.15, 0.2) is 103 Å². The van der Waals surface area contributed by atoms with Crippen LogP contribution in [0.4, 0.5) is 10.1 Å². The Morgan fingerprint density at radius 2 is 1.39 bits per heavy atom. The molecule has 2 nitrogen and oxygen atoms in total. The minimum Gasteiger partial charge on any atom is -0.308 e. The molecule has 0 bridgehead atoms. The van der Waals surface area contributed by atoms with E-state index in [9.17, 15) is 9.18 Å². The van der Waals surface area contributed by atoms with Crippen LogP contribution in [0.25, 0.3) is 21.5 Å². The molecule has 0 spiro atoms. The van der Waals surface area contributed by atoms with Crippen LogP contribution in [0.5, 0.6) is 0 Å². The summed E-state index contributed by atoms with van der Waals surface area (Å²) in [4.78, 5) is 15.4. The first-order valence-corrected chi connectivity index (χ1v) is 11.2. The molecule has 0 N–H and O–H groups in total. The van der Waals surface area contributed by atoms with Crippen molar-refractivity contribution in [3.05, 3.63) is 126 Å². The highest BCUT2D eigenvalue weighted by molar-refractivity contribution is 6.04. The normalized spacial score (nSPS) is 15.7. The topological polar surface area (TPSA) is 20.3 Å². The molecule has 0 radical (unpaired) electrons. The fraction of sp³-hybridized carbons (Fsp3) is 0.100. The Labute approximate surface area is 191 Å². The molecular weight excluding hydrogens is 409 g/mol. The zero-order chi connectivity index (χ0) is 22.4. The molecule has 3 heteroatoms. The van der Waals surface area contributed by atoms with Gasteiger partial charge in [0.05, 0.1) is 6.54 Å². The second-order valence-corrected chi connectivity index (χ2v) is 8.65. The Morgan fingerprint density at radius 3 is 2.18 bits per heavy atom. The Morgan fingerprint density at radius 1 is 0.727 bits per heavy atom. The molecule has 5 aromatic rings. The summed E-state index contributed by atoms with van der Waals surface area (Å²) in [5, 5.41) is 4.70. The highest BCUT2D eigenvalue weighted by atomic mass is 19.1. The number of anilines is 1. The summed E-state index contributed by atoms with van der Waals surface area (Å²) in [6.45, 7) is 0.423. The SMILES string of the molecule is O=C1CC(c2cccc3ccccc23)c2c(ccc3ccccc23)N1Cc1ccc(F)cc1. The highest BCUT2D eigenvalue weighted by Gasteiger charge is 2.34. The van der Waals surface area contributed by atoms with Crippen molar-refractivity contribution in [2.75, 3.05) is 4.90 Å². The van der Waals surface area contributed by atoms with E-state index >= 15 is 0 Å². The predicted molar refractivity (Wildman–Crippen MR) is 132 cm³/mol. The molecule has 0 fully saturated rings. The van der Waals surface area contributed by atoms with Crippen molar-refractivity contribution in [2.24, 2.45) is 0 Å². The first kappa shape index (κ1) is 19.7. The van der Waals surface area contributed by atoms with E-state index in [0.29, 0.717) is 13.0 Å². The van der Waals surface area contributed by atoms with E-state index in [2.05, 4.69) is 66.7 Å². The van der Waals surface area contributed by atoms with Gasteiger partial charge in [-0.05, 0) is 56.4 Å². The van der Waals surface area contributed by atoms with Crippen LogP contribution in [0, 0.1) is 5.82 Å². The van der Waals surface area contributed by atoms with Gasteiger partial charge in [0.25, 0.3) is 0 Å². The Kier molecular flexibility index (Phi) is 4.69. The number of hydrogen-bond acceptors (Lipinski definition) is 1. The number of hydrogen-bond donors (Lipinski definition) is 0. The van der Waals surface area contributed by atoms with E-state index in [1.807, 2.05) is 17.0 Å². The maximum absolute atomic E-state index is 13.5. The van der Waals surface area contributed by atoms with Crippen molar-refractivity contribution in [2.45, 2.75) is 18.9 Å². The summed E-state index contributed by atoms with van der Waals surface area (Å²) in [6, 6.07) is 33.7. The van der Waals surface area contributed by atoms with Gasteiger partial charge >= 0.3 is 0 Å². The predicted octanol–water partition coefficient (Wildman–Crippen LogP) is 7.20. The molecule has 1 atom stereocenters. The van der Waals surface area contributed by atoms with Crippen molar-refractivity contribution in [1.29, 1.82) is 0 Å². The van der Waals surface area contributed by atoms with E-state index in [1.165, 1.54) is 39.4 Å². The third-order valence-electron chi connectivity index (χ3n) is 6.72. The quantitative estimate of drug-likeness (QED) is 0.296. The number of nitrogens with zero attached hydrogens (tertiary/aromatic N) is 1. The second-order valence-electron chi connectivity index (χ2n) is 8.65. The zero-order valence-corrected chi connectivity index (χ0v) is 18.0. The Hall–Kier alpha value is -3.98. The second kappa shape index (κ2) is 7.86. The third-order valence-corrected chi connectivity index (χ3v) is 6.72. The molecule has 160 valence electrons. The van der Waals surface area contributed by atoms with Crippen LogP contribution in [-0.4, -0.2) is 5.91 Å². The number of halogens is 1. The molecule has 1 aliphatic heterocycles. The smallest absolute Gasteiger partial charge is 0.228 e. The summed E-state index contributed by atoms with van der Waals surface area (Å²) < 4.78 is 13.4. The number of rotatable bonds is 3. The maximum Gasteiger partial charge on any atom is 0.228 e. The lowest BCUT2D eigenvalue weighted by molar-refractivity contribution is -0.119. The summed E-state index contributed by atoms with van der Waals surface area (Å²) in [6.07, 6.45) is 0.399. The van der Waals surface area contributed by atoms with E-state index in [1.54, 1.807) is 12.1 Å². The lowest BCUT2D eigenvalue weighted by Crippen LogP contribution is -2.36. The van der Waals surface area contributed by atoms with Crippen molar-refractivity contribution < 1.29 is 9.18 Å². The fourth-order valence-electron chi connectivity index (χ4n) is 5.17. The van der Waals surface area contributed by atoms with Crippen LogP contribution in [0.3, 0.4) is 0 Å². The molecule has 6 rings (SSSR count). The molecule has 1 heterocycles. The first-order valence-electron chi connectivity index (χ1n) is 11.2. The van der Waals surface area contributed by atoms with Crippen LogP contribution in [0.1, 0.15) is 29.0 Å². The molecule has 1 amide bonds. The number of benzene rings is 5. The molecular formula is C30H22FNO. The van der Waals surface area contributed by atoms with Gasteiger partial charge in [-0.25, -0.2) is 4.39 Å². The molecule has 5 aromatic carbocycles. The number of carbonyl (C=O) groups is 1. The number of carbonyl (C=O) groups excluding carboxylic acids is 1. The van der Waals surface area contributed by atoms with E-state index in [0.717, 1.165) is 16.6 Å². The van der Waals surface area contributed by atoms with Crippen molar-refractivity contribution in [1.82, 2.24) is 0 Å². The van der Waals surface area contributed by atoms with Gasteiger partial charge in [0, 0.05) is 18.0 Å². The summed E-state index contributed by atoms with van der Waals surface area (Å²) >= 11 is 0. The molecule has 1 aliphatic rings. The lowest BCUT2D eigenvalue weighted by atomic mass is 9.79. The van der Waals surface area contributed by atoms with Crippen LogP contribution < -0.4 is 4.90 Å². The van der Waals surface area contributed by atoms with Gasteiger partial charge in [-0.2, -0.15) is 0 Å². The van der Waals surface area contributed by atoms with Crippen LogP contribution in [-0.2, 0) is 11.3 Å². The van der Waals surface area contributed by atoms with Crippen LogP contribution >= 0.6 is 0 Å². The van der Waals surface area contributed by atoms with E-state index < -0.39 is 0 Å². The van der Waals surface area contributed by atoms with Gasteiger partial charge in [0.1, 0.15) is 5.82 Å². The largest absolute Gasteiger partial charge is 0.308 e. The van der Waals surface area contributed by atoms with Gasteiger partial charge in [-0.3, -0.25) is 4.79 Å². The van der Waals surface area contributed by atoms with Crippen LogP contribution in [0.2, 0.25) is 0 Å². The minimum atomic E-state index is -0.272. The van der Waals surface area contributed by atoms with Gasteiger partial charge in [0.2, 0.25) is 5.91 Å². The highest BCUT2D eigenvalue weighted by Crippen LogP contribution is 2.46. The van der Waals surface area contributed by atoms with Crippen molar-refractivity contribution in [3.8, 4) is 0 Å². The van der Waals surface area contributed by atoms with Gasteiger partial charge in [0.15, 0.2) is 0 Å². The standard InChI is InChI=1S/C30H22FNO/c31-23-15-12-20(13-16-23)19-32-28-17-14-22-7-2-4-10-25(22)30(28)27(18-29(32)33)26-11-5-8-21-6-1-3-9-24(21)26/h1-17,27H,18-19H2. The first-order chi connectivity index (χ1) is 16.2. The van der Waals surface area contributed by atoms with Crippen molar-refractivity contribution >= 4 is 33.1 Å². The molecule has 0 aromatic heterocycles. The minimum absolute atomic E-state index is 0.0332. The molecule has 33 heavy (non-hydrogen) atoms. The molecule has 1 unspecified atom stereocenters. The summed E-state index contributed by atoms with van der Waals surface area (Å²) in [7, 11) is 0. The third kappa shape index (κ3) is 3.37. The van der Waals surface area contributed by atoms with Gasteiger partial charge in [-0.1, -0.05) is 84.9 Å². The fourth-order valence-corrected chi connectivity index (χ4v) is 5.17. The van der Waals surface area contributed by atoms with Gasteiger partial charge in [-0.15, -0.1) is 0 Å². The Bertz CT molecular complexity index is 1500. The average Bonchev–Trinajstić information content (AvgIpc) is 2.86. The summed E-state index contributed by atoms with van der Waals surface area (Å²) in [5.41, 5.74) is 4.21. The lowest BCUT2D eigenvalue weighted by Gasteiger charge is -2.36. The van der Waals surface area contributed by atoms with Crippen molar-refractivity contribution in [3.63, 3.8) is 0 Å². The monoisotopic (exact) mass is 431 g/mol. The maximum atomic E-state index is 13.5. The van der Waals surface area contributed by atoms with Gasteiger partial charge < -0.3 is 4.90 Å². The number of amides is 1.